The zero-order valence-corrected chi connectivity index (χ0v) is 11.9. The molecule has 1 aromatic rings. The van der Waals surface area contributed by atoms with Gasteiger partial charge >= 0.3 is 0 Å². The van der Waals surface area contributed by atoms with Crippen molar-refractivity contribution in [1.29, 1.82) is 0 Å². The number of amides is 2. The molecule has 2 amide bonds. The van der Waals surface area contributed by atoms with Crippen molar-refractivity contribution in [2.45, 2.75) is 25.8 Å². The zero-order valence-electron chi connectivity index (χ0n) is 11.9. The normalized spacial score (nSPS) is 14.1. The topological polar surface area (TPSA) is 66.8 Å². The molecule has 2 rings (SSSR count). The van der Waals surface area contributed by atoms with Gasteiger partial charge in [-0.25, -0.2) is 0 Å². The summed E-state index contributed by atoms with van der Waals surface area (Å²) in [5, 5.41) is 8.72. The molecule has 0 radical (unpaired) electrons. The van der Waals surface area contributed by atoms with E-state index in [0.29, 0.717) is 12.2 Å². The fourth-order valence-corrected chi connectivity index (χ4v) is 2.17. The minimum absolute atomic E-state index is 0.0206. The third-order valence-corrected chi connectivity index (χ3v) is 3.23. The summed E-state index contributed by atoms with van der Waals surface area (Å²) in [5.74, 6) is 6.08. The van der Waals surface area contributed by atoms with Gasteiger partial charge < -0.3 is 9.84 Å². The molecule has 1 aliphatic rings. The lowest BCUT2D eigenvalue weighted by atomic mass is 10.1. The molecular formula is C16H17NO4. The molecule has 1 aromatic carbocycles. The minimum Gasteiger partial charge on any atom is -0.496 e. The molecule has 110 valence electrons. The molecular weight excluding hydrogens is 270 g/mol. The second-order valence-corrected chi connectivity index (χ2v) is 4.68. The van der Waals surface area contributed by atoms with Crippen molar-refractivity contribution in [1.82, 2.24) is 4.90 Å². The number of benzene rings is 1. The van der Waals surface area contributed by atoms with Gasteiger partial charge in [-0.15, -0.1) is 0 Å². The van der Waals surface area contributed by atoms with Crippen molar-refractivity contribution in [3.63, 3.8) is 0 Å². The van der Waals surface area contributed by atoms with Crippen LogP contribution in [0.1, 0.15) is 30.4 Å². The molecule has 0 saturated carbocycles. The monoisotopic (exact) mass is 287 g/mol. The number of imide groups is 1. The van der Waals surface area contributed by atoms with Crippen LogP contribution in [-0.2, 0) is 16.1 Å². The van der Waals surface area contributed by atoms with Crippen LogP contribution in [0, 0.1) is 11.8 Å². The van der Waals surface area contributed by atoms with Crippen LogP contribution in [-0.4, -0.2) is 35.5 Å². The smallest absolute Gasteiger partial charge is 0.230 e. The summed E-state index contributed by atoms with van der Waals surface area (Å²) in [6.07, 6.45) is 0.957. The van der Waals surface area contributed by atoms with E-state index in [2.05, 4.69) is 11.8 Å². The fourth-order valence-electron chi connectivity index (χ4n) is 2.17. The average Bonchev–Trinajstić information content (AvgIpc) is 2.80. The molecule has 0 spiro atoms. The van der Waals surface area contributed by atoms with Gasteiger partial charge in [-0.05, 0) is 18.2 Å². The fraction of sp³-hybridized carbons (Fsp3) is 0.375. The van der Waals surface area contributed by atoms with Gasteiger partial charge in [0, 0.05) is 30.4 Å². The van der Waals surface area contributed by atoms with Crippen LogP contribution in [0.2, 0.25) is 0 Å². The van der Waals surface area contributed by atoms with E-state index in [1.807, 2.05) is 6.07 Å². The highest BCUT2D eigenvalue weighted by atomic mass is 16.5. The average molecular weight is 287 g/mol. The maximum Gasteiger partial charge on any atom is 0.230 e. The van der Waals surface area contributed by atoms with Crippen molar-refractivity contribution in [3.8, 4) is 17.6 Å². The van der Waals surface area contributed by atoms with E-state index in [9.17, 15) is 9.59 Å². The van der Waals surface area contributed by atoms with E-state index in [-0.39, 0.29) is 37.8 Å². The second-order valence-electron chi connectivity index (χ2n) is 4.68. The first kappa shape index (κ1) is 15.1. The number of methoxy groups -OCH3 is 1. The van der Waals surface area contributed by atoms with E-state index in [1.165, 1.54) is 4.90 Å². The first-order chi connectivity index (χ1) is 10.2. The van der Waals surface area contributed by atoms with Gasteiger partial charge in [0.25, 0.3) is 0 Å². The number of rotatable bonds is 4. The Kier molecular flexibility index (Phi) is 4.96. The van der Waals surface area contributed by atoms with Crippen LogP contribution in [0.15, 0.2) is 18.2 Å². The summed E-state index contributed by atoms with van der Waals surface area (Å²) in [6.45, 7) is 0.225. The number of aliphatic hydroxyl groups is 1. The number of ether oxygens (including phenoxy) is 1. The first-order valence-electron chi connectivity index (χ1n) is 6.75. The Balaban J connectivity index is 2.24. The van der Waals surface area contributed by atoms with Crippen molar-refractivity contribution in [2.75, 3.05) is 13.7 Å². The highest BCUT2D eigenvalue weighted by Crippen LogP contribution is 2.24. The summed E-state index contributed by atoms with van der Waals surface area (Å²) in [4.78, 5) is 24.6. The van der Waals surface area contributed by atoms with Crippen LogP contribution in [0.5, 0.6) is 5.75 Å². The van der Waals surface area contributed by atoms with Gasteiger partial charge in [0.2, 0.25) is 11.8 Å². The van der Waals surface area contributed by atoms with E-state index in [0.717, 1.165) is 11.1 Å². The first-order valence-corrected chi connectivity index (χ1v) is 6.75. The Morgan fingerprint density at radius 3 is 2.62 bits per heavy atom. The van der Waals surface area contributed by atoms with Gasteiger partial charge in [0.15, 0.2) is 0 Å². The van der Waals surface area contributed by atoms with E-state index in [4.69, 9.17) is 9.84 Å². The lowest BCUT2D eigenvalue weighted by molar-refractivity contribution is -0.139. The van der Waals surface area contributed by atoms with Crippen LogP contribution < -0.4 is 4.74 Å². The highest BCUT2D eigenvalue weighted by molar-refractivity contribution is 6.01. The maximum absolute atomic E-state index is 11.7. The van der Waals surface area contributed by atoms with Gasteiger partial charge in [0.1, 0.15) is 5.75 Å². The predicted molar refractivity (Wildman–Crippen MR) is 76.4 cm³/mol. The molecule has 0 aliphatic carbocycles. The second kappa shape index (κ2) is 6.91. The number of hydrogen-bond donors (Lipinski definition) is 1. The molecule has 1 aliphatic heterocycles. The summed E-state index contributed by atoms with van der Waals surface area (Å²) < 4.78 is 5.27. The quantitative estimate of drug-likeness (QED) is 0.664. The Bertz CT molecular complexity index is 596. The minimum atomic E-state index is -0.154. The Hall–Kier alpha value is -2.32. The van der Waals surface area contributed by atoms with Gasteiger partial charge in [-0.3, -0.25) is 14.5 Å². The van der Waals surface area contributed by atoms with Crippen LogP contribution >= 0.6 is 0 Å². The lowest BCUT2D eigenvalue weighted by Crippen LogP contribution is -2.28. The van der Waals surface area contributed by atoms with E-state index >= 15 is 0 Å². The molecule has 0 aromatic heterocycles. The molecule has 1 heterocycles. The molecule has 0 atom stereocenters. The summed E-state index contributed by atoms with van der Waals surface area (Å²) in [6, 6.07) is 5.38. The zero-order chi connectivity index (χ0) is 15.2. The van der Waals surface area contributed by atoms with Gasteiger partial charge in [-0.2, -0.15) is 0 Å². The lowest BCUT2D eigenvalue weighted by Gasteiger charge is -2.16. The van der Waals surface area contributed by atoms with Crippen LogP contribution in [0.4, 0.5) is 0 Å². The Morgan fingerprint density at radius 1 is 1.29 bits per heavy atom. The predicted octanol–water partition coefficient (Wildman–Crippen LogP) is 1.08. The number of hydrogen-bond acceptors (Lipinski definition) is 4. The third-order valence-electron chi connectivity index (χ3n) is 3.23. The number of nitrogens with zero attached hydrogens (tertiary/aromatic N) is 1. The van der Waals surface area contributed by atoms with Crippen molar-refractivity contribution < 1.29 is 19.4 Å². The Labute approximate surface area is 123 Å². The Morgan fingerprint density at radius 2 is 2.00 bits per heavy atom. The number of carbonyl (C=O) groups is 2. The molecule has 0 unspecified atom stereocenters. The number of aliphatic hydroxyl groups excluding tert-OH is 1. The van der Waals surface area contributed by atoms with Crippen molar-refractivity contribution in [2.24, 2.45) is 0 Å². The third kappa shape index (κ3) is 3.61. The SMILES string of the molecule is COc1ccc(C#CCCO)cc1CN1C(=O)CCC1=O. The van der Waals surface area contributed by atoms with Crippen LogP contribution in [0.25, 0.3) is 0 Å². The molecule has 1 fully saturated rings. The van der Waals surface area contributed by atoms with E-state index < -0.39 is 0 Å². The molecule has 1 N–H and O–H groups in total. The van der Waals surface area contributed by atoms with Crippen molar-refractivity contribution >= 4 is 11.8 Å². The van der Waals surface area contributed by atoms with E-state index in [1.54, 1.807) is 19.2 Å². The molecule has 5 nitrogen and oxygen atoms in total. The molecule has 5 heteroatoms. The maximum atomic E-state index is 11.7. The highest BCUT2D eigenvalue weighted by Gasteiger charge is 2.29. The van der Waals surface area contributed by atoms with Gasteiger partial charge in [0.05, 0.1) is 20.3 Å². The standard InChI is InChI=1S/C16H17NO4/c1-21-14-6-5-12(4-2-3-9-18)10-13(14)11-17-15(19)7-8-16(17)20/h5-6,10,18H,3,7-9,11H2,1H3. The summed E-state index contributed by atoms with van der Waals surface area (Å²) >= 11 is 0. The van der Waals surface area contributed by atoms with Crippen LogP contribution in [0.3, 0.4) is 0 Å². The number of likely N-dealkylation sites (tertiary alicyclic amines) is 1. The van der Waals surface area contributed by atoms with Crippen molar-refractivity contribution in [3.05, 3.63) is 29.3 Å². The summed E-state index contributed by atoms with van der Waals surface area (Å²) in [7, 11) is 1.55. The largest absolute Gasteiger partial charge is 0.496 e. The molecule has 21 heavy (non-hydrogen) atoms. The van der Waals surface area contributed by atoms with Gasteiger partial charge in [-0.1, -0.05) is 11.8 Å². The summed E-state index contributed by atoms with van der Waals surface area (Å²) in [5.41, 5.74) is 1.51. The number of carbonyl (C=O) groups excluding carboxylic acids is 2. The molecule has 0 bridgehead atoms. The molecule has 1 saturated heterocycles.